The van der Waals surface area contributed by atoms with Gasteiger partial charge in [0.25, 0.3) is 0 Å². The first-order valence-electron chi connectivity index (χ1n) is 4.70. The zero-order valence-electron chi connectivity index (χ0n) is 8.49. The van der Waals surface area contributed by atoms with Crippen molar-refractivity contribution in [2.75, 3.05) is 6.54 Å². The van der Waals surface area contributed by atoms with Crippen LogP contribution in [0.25, 0.3) is 11.0 Å². The first kappa shape index (κ1) is 9.15. The first-order valence-corrected chi connectivity index (χ1v) is 4.70. The summed E-state index contributed by atoms with van der Waals surface area (Å²) in [5.74, 6) is 0. The van der Waals surface area contributed by atoms with E-state index in [2.05, 4.69) is 16.1 Å². The summed E-state index contributed by atoms with van der Waals surface area (Å²) in [5.41, 5.74) is 8.66. The highest BCUT2D eigenvalue weighted by molar-refractivity contribution is 5.78. The Morgan fingerprint density at radius 1 is 1.50 bits per heavy atom. The van der Waals surface area contributed by atoms with Gasteiger partial charge in [-0.15, -0.1) is 0 Å². The van der Waals surface area contributed by atoms with Crippen molar-refractivity contribution in [3.63, 3.8) is 0 Å². The third kappa shape index (κ3) is 1.37. The predicted molar refractivity (Wildman–Crippen MR) is 56.0 cm³/mol. The minimum atomic E-state index is 0.625. The minimum absolute atomic E-state index is 0.625. The number of nitrogens with two attached hydrogens (primary N) is 1. The Kier molecular flexibility index (Phi) is 2.21. The molecule has 0 aliphatic heterocycles. The Hall–Kier alpha value is -1.42. The number of hydrogen-bond acceptors (Lipinski definition) is 3. The molecule has 4 heteroatoms. The summed E-state index contributed by atoms with van der Waals surface area (Å²) in [5, 5.41) is 5.52. The molecular formula is C10H14N4. The maximum atomic E-state index is 5.53. The van der Waals surface area contributed by atoms with E-state index in [0.717, 1.165) is 28.7 Å². The van der Waals surface area contributed by atoms with Crippen LogP contribution in [-0.2, 0) is 13.5 Å². The number of pyridine rings is 1. The molecule has 0 aliphatic carbocycles. The third-order valence-corrected chi connectivity index (χ3v) is 2.27. The number of hydrogen-bond donors (Lipinski definition) is 1. The highest BCUT2D eigenvalue weighted by Gasteiger charge is 2.08. The van der Waals surface area contributed by atoms with Gasteiger partial charge < -0.3 is 5.73 Å². The van der Waals surface area contributed by atoms with Crippen molar-refractivity contribution in [1.29, 1.82) is 0 Å². The van der Waals surface area contributed by atoms with Gasteiger partial charge in [0.05, 0.1) is 5.69 Å². The molecule has 0 aromatic carbocycles. The van der Waals surface area contributed by atoms with Crippen LogP contribution < -0.4 is 5.73 Å². The summed E-state index contributed by atoms with van der Waals surface area (Å²) < 4.78 is 1.81. The van der Waals surface area contributed by atoms with Gasteiger partial charge in [-0.05, 0) is 25.1 Å². The lowest BCUT2D eigenvalue weighted by Gasteiger charge is -1.94. The van der Waals surface area contributed by atoms with Crippen LogP contribution in [0.3, 0.4) is 0 Å². The smallest absolute Gasteiger partial charge is 0.157 e. The lowest BCUT2D eigenvalue weighted by molar-refractivity contribution is 0.753. The lowest BCUT2D eigenvalue weighted by Crippen LogP contribution is -2.03. The summed E-state index contributed by atoms with van der Waals surface area (Å²) in [6, 6.07) is 2.11. The lowest BCUT2D eigenvalue weighted by atomic mass is 10.2. The van der Waals surface area contributed by atoms with Crippen LogP contribution in [0.2, 0.25) is 0 Å². The first-order chi connectivity index (χ1) is 6.72. The van der Waals surface area contributed by atoms with Crippen molar-refractivity contribution in [2.45, 2.75) is 13.3 Å². The molecule has 0 fully saturated rings. The predicted octanol–water partition coefficient (Wildman–Crippen LogP) is 0.778. The molecule has 2 rings (SSSR count). The van der Waals surface area contributed by atoms with Gasteiger partial charge in [0.2, 0.25) is 0 Å². The van der Waals surface area contributed by atoms with Gasteiger partial charge in [0.15, 0.2) is 5.65 Å². The SMILES string of the molecule is Cc1cnc2c(c1)c(CCN)nn2C. The molecule has 2 aromatic heterocycles. The van der Waals surface area contributed by atoms with E-state index < -0.39 is 0 Å². The standard InChI is InChI=1S/C10H14N4/c1-7-5-8-9(3-4-11)13-14(2)10(8)12-6-7/h5-6H,3-4,11H2,1-2H3. The molecule has 0 saturated heterocycles. The second-order valence-electron chi connectivity index (χ2n) is 3.49. The van der Waals surface area contributed by atoms with Crippen LogP contribution in [0, 0.1) is 6.92 Å². The number of rotatable bonds is 2. The Balaban J connectivity index is 2.66. The van der Waals surface area contributed by atoms with E-state index in [1.165, 1.54) is 0 Å². The molecule has 0 spiro atoms. The van der Waals surface area contributed by atoms with Gasteiger partial charge >= 0.3 is 0 Å². The molecule has 0 bridgehead atoms. The van der Waals surface area contributed by atoms with Crippen LogP contribution in [0.4, 0.5) is 0 Å². The van der Waals surface area contributed by atoms with Gasteiger partial charge in [-0.25, -0.2) is 4.98 Å². The Morgan fingerprint density at radius 3 is 3.00 bits per heavy atom. The summed E-state index contributed by atoms with van der Waals surface area (Å²) in [6.07, 6.45) is 2.67. The van der Waals surface area contributed by atoms with E-state index in [0.29, 0.717) is 6.54 Å². The molecule has 2 N–H and O–H groups in total. The summed E-state index contributed by atoms with van der Waals surface area (Å²) in [6.45, 7) is 2.66. The number of aryl methyl sites for hydroxylation is 2. The Labute approximate surface area is 82.7 Å². The van der Waals surface area contributed by atoms with Gasteiger partial charge in [-0.2, -0.15) is 5.10 Å². The molecule has 2 heterocycles. The topological polar surface area (TPSA) is 56.7 Å². The van der Waals surface area contributed by atoms with E-state index >= 15 is 0 Å². The fourth-order valence-corrected chi connectivity index (χ4v) is 1.64. The maximum absolute atomic E-state index is 5.53. The Bertz CT molecular complexity index is 458. The quantitative estimate of drug-likeness (QED) is 0.761. The molecule has 4 nitrogen and oxygen atoms in total. The van der Waals surface area contributed by atoms with E-state index in [1.807, 2.05) is 20.2 Å². The Morgan fingerprint density at radius 2 is 2.29 bits per heavy atom. The molecule has 0 amide bonds. The third-order valence-electron chi connectivity index (χ3n) is 2.27. The number of nitrogens with zero attached hydrogens (tertiary/aromatic N) is 3. The molecule has 0 radical (unpaired) electrons. The number of aromatic nitrogens is 3. The average Bonchev–Trinajstić information content (AvgIpc) is 2.44. The highest BCUT2D eigenvalue weighted by Crippen LogP contribution is 2.16. The van der Waals surface area contributed by atoms with Crippen molar-refractivity contribution in [2.24, 2.45) is 12.8 Å². The fraction of sp³-hybridized carbons (Fsp3) is 0.400. The van der Waals surface area contributed by atoms with Crippen molar-refractivity contribution >= 4 is 11.0 Å². The molecule has 0 atom stereocenters. The molecule has 0 saturated carbocycles. The van der Waals surface area contributed by atoms with Crippen LogP contribution in [0.5, 0.6) is 0 Å². The van der Waals surface area contributed by atoms with Gasteiger partial charge in [0.1, 0.15) is 0 Å². The van der Waals surface area contributed by atoms with Crippen LogP contribution in [0.15, 0.2) is 12.3 Å². The van der Waals surface area contributed by atoms with Crippen LogP contribution >= 0.6 is 0 Å². The van der Waals surface area contributed by atoms with E-state index in [4.69, 9.17) is 5.73 Å². The summed E-state index contributed by atoms with van der Waals surface area (Å²) in [7, 11) is 1.91. The average molecular weight is 190 g/mol. The van der Waals surface area contributed by atoms with E-state index in [-0.39, 0.29) is 0 Å². The summed E-state index contributed by atoms with van der Waals surface area (Å²) in [4.78, 5) is 4.34. The monoisotopic (exact) mass is 190 g/mol. The number of fused-ring (bicyclic) bond motifs is 1. The molecule has 74 valence electrons. The second kappa shape index (κ2) is 3.38. The van der Waals surface area contributed by atoms with Gasteiger partial charge in [0, 0.05) is 25.1 Å². The normalized spacial score (nSPS) is 11.1. The second-order valence-corrected chi connectivity index (χ2v) is 3.49. The van der Waals surface area contributed by atoms with Gasteiger partial charge in [-0.1, -0.05) is 0 Å². The maximum Gasteiger partial charge on any atom is 0.157 e. The largest absolute Gasteiger partial charge is 0.330 e. The van der Waals surface area contributed by atoms with Crippen molar-refractivity contribution in [1.82, 2.24) is 14.8 Å². The van der Waals surface area contributed by atoms with Crippen LogP contribution in [0.1, 0.15) is 11.3 Å². The van der Waals surface area contributed by atoms with Crippen molar-refractivity contribution in [3.8, 4) is 0 Å². The van der Waals surface area contributed by atoms with E-state index in [1.54, 1.807) is 4.68 Å². The molecule has 14 heavy (non-hydrogen) atoms. The molecule has 2 aromatic rings. The highest BCUT2D eigenvalue weighted by atomic mass is 15.3. The van der Waals surface area contributed by atoms with Crippen molar-refractivity contribution in [3.05, 3.63) is 23.5 Å². The fourth-order valence-electron chi connectivity index (χ4n) is 1.64. The van der Waals surface area contributed by atoms with E-state index in [9.17, 15) is 0 Å². The van der Waals surface area contributed by atoms with Gasteiger partial charge in [-0.3, -0.25) is 4.68 Å². The zero-order valence-corrected chi connectivity index (χ0v) is 8.49. The molecule has 0 unspecified atom stereocenters. The minimum Gasteiger partial charge on any atom is -0.330 e. The molecular weight excluding hydrogens is 176 g/mol. The molecule has 0 aliphatic rings. The zero-order chi connectivity index (χ0) is 10.1. The van der Waals surface area contributed by atoms with Crippen LogP contribution in [-0.4, -0.2) is 21.3 Å². The van der Waals surface area contributed by atoms with Crippen molar-refractivity contribution < 1.29 is 0 Å². The summed E-state index contributed by atoms with van der Waals surface area (Å²) >= 11 is 0.